The Bertz CT molecular complexity index is 852. The number of carbonyl (C=O) groups excluding carboxylic acids is 1. The molecule has 0 saturated heterocycles. The molecule has 0 aliphatic heterocycles. The second-order valence-electron chi connectivity index (χ2n) is 7.36. The SMILES string of the molecule is O=C(N[C@@H]1C[C@H]2CC[C@@H]1C2)c1cccnc1Nc1cccc(C(F)(F)F)c1. The molecule has 0 spiro atoms. The molecule has 4 rings (SSSR count). The first-order chi connectivity index (χ1) is 12.9. The average molecular weight is 375 g/mol. The Kier molecular flexibility index (Phi) is 4.53. The van der Waals surface area contributed by atoms with Gasteiger partial charge in [0, 0.05) is 17.9 Å². The van der Waals surface area contributed by atoms with E-state index in [2.05, 4.69) is 15.6 Å². The van der Waals surface area contributed by atoms with Crippen LogP contribution in [0, 0.1) is 11.8 Å². The number of anilines is 2. The zero-order valence-corrected chi connectivity index (χ0v) is 14.6. The van der Waals surface area contributed by atoms with Gasteiger partial charge in [0.2, 0.25) is 0 Å². The van der Waals surface area contributed by atoms with Gasteiger partial charge in [-0.2, -0.15) is 13.2 Å². The number of amides is 1. The molecule has 7 heteroatoms. The van der Waals surface area contributed by atoms with Crippen LogP contribution in [0.2, 0.25) is 0 Å². The summed E-state index contributed by atoms with van der Waals surface area (Å²) in [5, 5.41) is 5.94. The smallest absolute Gasteiger partial charge is 0.349 e. The third-order valence-electron chi connectivity index (χ3n) is 5.56. The lowest BCUT2D eigenvalue weighted by atomic mass is 9.95. The molecule has 0 unspecified atom stereocenters. The maximum atomic E-state index is 12.9. The van der Waals surface area contributed by atoms with E-state index in [0.29, 0.717) is 17.4 Å². The van der Waals surface area contributed by atoms with E-state index in [9.17, 15) is 18.0 Å². The van der Waals surface area contributed by atoms with Gasteiger partial charge in [0.05, 0.1) is 11.1 Å². The lowest BCUT2D eigenvalue weighted by molar-refractivity contribution is -0.137. The normalized spacial score (nSPS) is 24.0. The molecule has 2 N–H and O–H groups in total. The minimum atomic E-state index is -4.43. The van der Waals surface area contributed by atoms with Gasteiger partial charge in [-0.05, 0) is 61.4 Å². The lowest BCUT2D eigenvalue weighted by Crippen LogP contribution is -2.38. The van der Waals surface area contributed by atoms with Gasteiger partial charge in [0.1, 0.15) is 5.82 Å². The van der Waals surface area contributed by atoms with Gasteiger partial charge in [-0.25, -0.2) is 4.98 Å². The predicted molar refractivity (Wildman–Crippen MR) is 95.7 cm³/mol. The summed E-state index contributed by atoms with van der Waals surface area (Å²) < 4.78 is 38.7. The van der Waals surface area contributed by atoms with Crippen LogP contribution < -0.4 is 10.6 Å². The van der Waals surface area contributed by atoms with Gasteiger partial charge in [-0.1, -0.05) is 12.5 Å². The van der Waals surface area contributed by atoms with Gasteiger partial charge in [-0.15, -0.1) is 0 Å². The second-order valence-corrected chi connectivity index (χ2v) is 7.36. The van der Waals surface area contributed by atoms with Crippen molar-refractivity contribution in [1.82, 2.24) is 10.3 Å². The fraction of sp³-hybridized carbons (Fsp3) is 0.400. The molecule has 1 heterocycles. The first-order valence-electron chi connectivity index (χ1n) is 9.10. The number of carbonyl (C=O) groups is 1. The van der Waals surface area contributed by atoms with Crippen molar-refractivity contribution in [2.24, 2.45) is 11.8 Å². The number of alkyl halides is 3. The van der Waals surface area contributed by atoms with Crippen molar-refractivity contribution in [2.75, 3.05) is 5.32 Å². The number of hydrogen-bond acceptors (Lipinski definition) is 3. The van der Waals surface area contributed by atoms with Crippen molar-refractivity contribution < 1.29 is 18.0 Å². The number of nitrogens with one attached hydrogen (secondary N) is 2. The summed E-state index contributed by atoms with van der Waals surface area (Å²) in [7, 11) is 0. The minimum Gasteiger partial charge on any atom is -0.349 e. The van der Waals surface area contributed by atoms with Crippen LogP contribution in [0.5, 0.6) is 0 Å². The molecule has 2 aromatic rings. The van der Waals surface area contributed by atoms with Crippen LogP contribution in [-0.2, 0) is 6.18 Å². The van der Waals surface area contributed by atoms with E-state index in [1.54, 1.807) is 12.1 Å². The Balaban J connectivity index is 1.52. The van der Waals surface area contributed by atoms with Gasteiger partial charge in [-0.3, -0.25) is 4.79 Å². The van der Waals surface area contributed by atoms with Crippen LogP contribution in [-0.4, -0.2) is 16.9 Å². The largest absolute Gasteiger partial charge is 0.416 e. The summed E-state index contributed by atoms with van der Waals surface area (Å²) in [6, 6.07) is 8.31. The minimum absolute atomic E-state index is 0.179. The molecule has 2 saturated carbocycles. The molecule has 27 heavy (non-hydrogen) atoms. The lowest BCUT2D eigenvalue weighted by Gasteiger charge is -2.23. The zero-order chi connectivity index (χ0) is 19.0. The van der Waals surface area contributed by atoms with Gasteiger partial charge in [0.25, 0.3) is 5.91 Å². The average Bonchev–Trinajstić information content (AvgIpc) is 3.25. The molecular weight excluding hydrogens is 355 g/mol. The molecule has 1 aromatic heterocycles. The topological polar surface area (TPSA) is 54.0 Å². The highest BCUT2D eigenvalue weighted by Gasteiger charge is 2.40. The summed E-state index contributed by atoms with van der Waals surface area (Å²) in [6.45, 7) is 0. The monoisotopic (exact) mass is 375 g/mol. The Morgan fingerprint density at radius 2 is 1.96 bits per heavy atom. The van der Waals surface area contributed by atoms with E-state index in [1.807, 2.05) is 0 Å². The van der Waals surface area contributed by atoms with E-state index in [-0.39, 0.29) is 23.5 Å². The van der Waals surface area contributed by atoms with E-state index < -0.39 is 11.7 Å². The molecule has 1 aromatic carbocycles. The third-order valence-corrected chi connectivity index (χ3v) is 5.56. The summed E-state index contributed by atoms with van der Waals surface area (Å²) in [6.07, 6.45) is 1.65. The third kappa shape index (κ3) is 3.77. The van der Waals surface area contributed by atoms with Crippen LogP contribution in [0.1, 0.15) is 41.6 Å². The fourth-order valence-electron chi connectivity index (χ4n) is 4.27. The number of rotatable bonds is 4. The van der Waals surface area contributed by atoms with Crippen LogP contribution in [0.25, 0.3) is 0 Å². The van der Waals surface area contributed by atoms with Crippen molar-refractivity contribution in [2.45, 2.75) is 37.9 Å². The predicted octanol–water partition coefficient (Wildman–Crippen LogP) is 4.76. The summed E-state index contributed by atoms with van der Waals surface area (Å²) in [5.74, 6) is 1.25. The number of pyridine rings is 1. The van der Waals surface area contributed by atoms with Crippen LogP contribution in [0.15, 0.2) is 42.6 Å². The Labute approximate surface area is 155 Å². The Morgan fingerprint density at radius 1 is 1.11 bits per heavy atom. The van der Waals surface area contributed by atoms with Crippen molar-refractivity contribution in [3.05, 3.63) is 53.7 Å². The van der Waals surface area contributed by atoms with Crippen molar-refractivity contribution in [3.8, 4) is 0 Å². The number of halogens is 3. The standard InChI is InChI=1S/C20H20F3N3O/c21-20(22,23)14-3-1-4-15(11-14)25-18-16(5-2-8-24-18)19(27)26-17-10-12-6-7-13(17)9-12/h1-5,8,11-13,17H,6-7,9-10H2,(H,24,25)(H,26,27)/t12-,13+,17+/m0/s1. The molecule has 142 valence electrons. The highest BCUT2D eigenvalue weighted by molar-refractivity contribution is 5.99. The van der Waals surface area contributed by atoms with Crippen molar-refractivity contribution in [1.29, 1.82) is 0 Å². The maximum absolute atomic E-state index is 12.9. The highest BCUT2D eigenvalue weighted by Crippen LogP contribution is 2.44. The molecule has 2 aliphatic rings. The van der Waals surface area contributed by atoms with Crippen LogP contribution in [0.3, 0.4) is 0 Å². The molecule has 3 atom stereocenters. The molecule has 4 nitrogen and oxygen atoms in total. The van der Waals surface area contributed by atoms with E-state index >= 15 is 0 Å². The van der Waals surface area contributed by atoms with E-state index in [0.717, 1.165) is 25.0 Å². The van der Waals surface area contributed by atoms with E-state index in [1.165, 1.54) is 31.2 Å². The molecule has 2 fully saturated rings. The van der Waals surface area contributed by atoms with Crippen molar-refractivity contribution >= 4 is 17.4 Å². The fourth-order valence-corrected chi connectivity index (χ4v) is 4.27. The first-order valence-corrected chi connectivity index (χ1v) is 9.10. The van der Waals surface area contributed by atoms with Crippen LogP contribution in [0.4, 0.5) is 24.7 Å². The van der Waals surface area contributed by atoms with E-state index in [4.69, 9.17) is 0 Å². The van der Waals surface area contributed by atoms with Gasteiger partial charge >= 0.3 is 6.18 Å². The van der Waals surface area contributed by atoms with Gasteiger partial charge < -0.3 is 10.6 Å². The summed E-state index contributed by atoms with van der Waals surface area (Å²) in [5.41, 5.74) is -0.188. The summed E-state index contributed by atoms with van der Waals surface area (Å²) >= 11 is 0. The Hall–Kier alpha value is -2.57. The molecule has 0 radical (unpaired) electrons. The molecule has 2 aliphatic carbocycles. The number of hydrogen-bond donors (Lipinski definition) is 2. The maximum Gasteiger partial charge on any atom is 0.416 e. The highest BCUT2D eigenvalue weighted by atomic mass is 19.4. The second kappa shape index (κ2) is 6.87. The van der Waals surface area contributed by atoms with Gasteiger partial charge in [0.15, 0.2) is 0 Å². The Morgan fingerprint density at radius 3 is 2.67 bits per heavy atom. The van der Waals surface area contributed by atoms with Crippen molar-refractivity contribution in [3.63, 3.8) is 0 Å². The molecule has 2 bridgehead atoms. The number of benzene rings is 1. The number of nitrogens with zero attached hydrogens (tertiary/aromatic N) is 1. The van der Waals surface area contributed by atoms with Crippen LogP contribution >= 0.6 is 0 Å². The quantitative estimate of drug-likeness (QED) is 0.810. The molecular formula is C20H20F3N3O. The first kappa shape index (κ1) is 17.8. The summed E-state index contributed by atoms with van der Waals surface area (Å²) in [4.78, 5) is 16.9. The zero-order valence-electron chi connectivity index (χ0n) is 14.6. The molecule has 1 amide bonds. The number of aromatic nitrogens is 1. The number of fused-ring (bicyclic) bond motifs is 2.